The van der Waals surface area contributed by atoms with Crippen LogP contribution in [0.1, 0.15) is 58.8 Å². The molecule has 0 aromatic rings. The fourth-order valence-electron chi connectivity index (χ4n) is 3.74. The molecule has 2 aliphatic rings. The Morgan fingerprint density at radius 1 is 1.16 bits per heavy atom. The van der Waals surface area contributed by atoms with Crippen molar-refractivity contribution in [1.29, 1.82) is 0 Å². The van der Waals surface area contributed by atoms with Gasteiger partial charge in [0, 0.05) is 11.5 Å². The zero-order chi connectivity index (χ0) is 14.0. The number of carbonyl (C=O) groups excluding carboxylic acids is 1. The first kappa shape index (κ1) is 14.4. The van der Waals surface area contributed by atoms with E-state index in [0.29, 0.717) is 24.7 Å². The van der Waals surface area contributed by atoms with Gasteiger partial charge in [0.15, 0.2) is 0 Å². The van der Waals surface area contributed by atoms with E-state index < -0.39 is 11.5 Å². The zero-order valence-corrected chi connectivity index (χ0v) is 11.9. The summed E-state index contributed by atoms with van der Waals surface area (Å²) < 4.78 is 0. The van der Waals surface area contributed by atoms with Gasteiger partial charge < -0.3 is 10.4 Å². The Morgan fingerprint density at radius 3 is 2.11 bits per heavy atom. The molecule has 0 aromatic heterocycles. The minimum absolute atomic E-state index is 0.0216. The number of amides is 1. The predicted molar refractivity (Wildman–Crippen MR) is 72.6 cm³/mol. The van der Waals surface area contributed by atoms with Crippen molar-refractivity contribution in [3.63, 3.8) is 0 Å². The smallest absolute Gasteiger partial charge is 0.305 e. The molecule has 4 nitrogen and oxygen atoms in total. The number of carbonyl (C=O) groups is 2. The average molecular weight is 267 g/mol. The zero-order valence-electron chi connectivity index (χ0n) is 11.9. The van der Waals surface area contributed by atoms with Crippen LogP contribution in [0.25, 0.3) is 0 Å². The topological polar surface area (TPSA) is 66.4 Å². The molecule has 2 unspecified atom stereocenters. The number of rotatable bonds is 6. The van der Waals surface area contributed by atoms with Crippen LogP contribution in [0.4, 0.5) is 0 Å². The Kier molecular flexibility index (Phi) is 4.16. The Labute approximate surface area is 115 Å². The van der Waals surface area contributed by atoms with Gasteiger partial charge in [-0.3, -0.25) is 9.59 Å². The van der Waals surface area contributed by atoms with Crippen LogP contribution in [-0.2, 0) is 9.59 Å². The number of carboxylic acid groups (broad SMARTS) is 1. The van der Waals surface area contributed by atoms with Crippen LogP contribution in [0.3, 0.4) is 0 Å². The van der Waals surface area contributed by atoms with Crippen LogP contribution in [0, 0.1) is 17.8 Å². The summed E-state index contributed by atoms with van der Waals surface area (Å²) in [6.45, 7) is 3.90. The standard InChI is InChI=1S/C15H25NO3/c1-3-15(4-2,9-12(17)18)16-14(19)13-10-7-5-6-8-11(10)13/h10-11,13H,3-9H2,1-2H3,(H,16,19)(H,17,18). The molecule has 2 fully saturated rings. The number of aliphatic carboxylic acids is 1. The molecule has 0 radical (unpaired) electrons. The molecule has 4 heteroatoms. The number of nitrogens with one attached hydrogen (secondary N) is 1. The molecular formula is C15H25NO3. The van der Waals surface area contributed by atoms with Crippen molar-refractivity contribution in [3.8, 4) is 0 Å². The minimum atomic E-state index is -0.836. The SMILES string of the molecule is CCC(CC)(CC(=O)O)NC(=O)C1C2CCCCC21. The van der Waals surface area contributed by atoms with Gasteiger partial charge >= 0.3 is 5.97 Å². The Hall–Kier alpha value is -1.06. The highest BCUT2D eigenvalue weighted by Crippen LogP contribution is 2.55. The molecule has 2 atom stereocenters. The van der Waals surface area contributed by atoms with Gasteiger partial charge in [0.05, 0.1) is 6.42 Å². The molecule has 0 aliphatic heterocycles. The van der Waals surface area contributed by atoms with Crippen molar-refractivity contribution >= 4 is 11.9 Å². The van der Waals surface area contributed by atoms with Crippen LogP contribution in [-0.4, -0.2) is 22.5 Å². The lowest BCUT2D eigenvalue weighted by Crippen LogP contribution is -2.50. The van der Waals surface area contributed by atoms with E-state index in [0.717, 1.165) is 0 Å². The molecule has 2 aliphatic carbocycles. The maximum absolute atomic E-state index is 12.4. The Morgan fingerprint density at radius 2 is 1.68 bits per heavy atom. The van der Waals surface area contributed by atoms with Gasteiger partial charge in [0.2, 0.25) is 5.91 Å². The third kappa shape index (κ3) is 2.93. The monoisotopic (exact) mass is 267 g/mol. The third-order valence-electron chi connectivity index (χ3n) is 5.19. The summed E-state index contributed by atoms with van der Waals surface area (Å²) in [7, 11) is 0. The van der Waals surface area contributed by atoms with Crippen LogP contribution in [0.5, 0.6) is 0 Å². The first-order chi connectivity index (χ1) is 9.03. The second-order valence-electron chi connectivity index (χ2n) is 6.19. The van der Waals surface area contributed by atoms with E-state index in [1.54, 1.807) is 0 Å². The van der Waals surface area contributed by atoms with E-state index >= 15 is 0 Å². The first-order valence-electron chi connectivity index (χ1n) is 7.57. The van der Waals surface area contributed by atoms with Crippen LogP contribution < -0.4 is 5.32 Å². The van der Waals surface area contributed by atoms with Crippen molar-refractivity contribution in [2.45, 2.75) is 64.3 Å². The average Bonchev–Trinajstić information content (AvgIpc) is 3.11. The van der Waals surface area contributed by atoms with E-state index in [-0.39, 0.29) is 18.2 Å². The van der Waals surface area contributed by atoms with Crippen molar-refractivity contribution in [2.24, 2.45) is 17.8 Å². The molecule has 19 heavy (non-hydrogen) atoms. The number of hydrogen-bond acceptors (Lipinski definition) is 2. The van der Waals surface area contributed by atoms with E-state index in [9.17, 15) is 9.59 Å². The largest absolute Gasteiger partial charge is 0.481 e. The second kappa shape index (κ2) is 5.51. The normalized spacial score (nSPS) is 29.5. The molecule has 0 bridgehead atoms. The molecule has 0 spiro atoms. The van der Waals surface area contributed by atoms with E-state index in [4.69, 9.17) is 5.11 Å². The number of fused-ring (bicyclic) bond motifs is 1. The molecule has 2 rings (SSSR count). The molecule has 0 saturated heterocycles. The van der Waals surface area contributed by atoms with Crippen LogP contribution in [0.2, 0.25) is 0 Å². The fraction of sp³-hybridized carbons (Fsp3) is 0.867. The van der Waals surface area contributed by atoms with Gasteiger partial charge in [-0.15, -0.1) is 0 Å². The molecular weight excluding hydrogens is 242 g/mol. The van der Waals surface area contributed by atoms with E-state index in [2.05, 4.69) is 5.32 Å². The number of hydrogen-bond donors (Lipinski definition) is 2. The summed E-state index contributed by atoms with van der Waals surface area (Å²) in [6, 6.07) is 0. The molecule has 2 N–H and O–H groups in total. The minimum Gasteiger partial charge on any atom is -0.481 e. The van der Waals surface area contributed by atoms with Gasteiger partial charge in [0.25, 0.3) is 0 Å². The Balaban J connectivity index is 1.97. The van der Waals surface area contributed by atoms with Crippen LogP contribution >= 0.6 is 0 Å². The van der Waals surface area contributed by atoms with Crippen molar-refractivity contribution in [3.05, 3.63) is 0 Å². The Bertz CT molecular complexity index is 350. The molecule has 2 saturated carbocycles. The van der Waals surface area contributed by atoms with Gasteiger partial charge in [-0.25, -0.2) is 0 Å². The van der Waals surface area contributed by atoms with Crippen molar-refractivity contribution in [1.82, 2.24) is 5.32 Å². The highest BCUT2D eigenvalue weighted by molar-refractivity contribution is 5.83. The summed E-state index contributed by atoms with van der Waals surface area (Å²) in [5.74, 6) is 0.572. The lowest BCUT2D eigenvalue weighted by molar-refractivity contribution is -0.139. The van der Waals surface area contributed by atoms with Gasteiger partial charge in [-0.2, -0.15) is 0 Å². The van der Waals surface area contributed by atoms with E-state index in [1.165, 1.54) is 25.7 Å². The summed E-state index contributed by atoms with van der Waals surface area (Å²) in [5, 5.41) is 12.1. The summed E-state index contributed by atoms with van der Waals surface area (Å²) in [4.78, 5) is 23.4. The maximum atomic E-state index is 12.4. The first-order valence-corrected chi connectivity index (χ1v) is 7.57. The maximum Gasteiger partial charge on any atom is 0.305 e. The second-order valence-corrected chi connectivity index (χ2v) is 6.19. The summed E-state index contributed by atoms with van der Waals surface area (Å²) >= 11 is 0. The predicted octanol–water partition coefficient (Wildman–Crippen LogP) is 2.57. The number of carboxylic acids is 1. The van der Waals surface area contributed by atoms with Crippen molar-refractivity contribution in [2.75, 3.05) is 0 Å². The molecule has 0 aromatic carbocycles. The highest BCUT2D eigenvalue weighted by Gasteiger charge is 2.55. The van der Waals surface area contributed by atoms with Crippen LogP contribution in [0.15, 0.2) is 0 Å². The summed E-state index contributed by atoms with van der Waals surface area (Å²) in [5.41, 5.74) is -0.561. The third-order valence-corrected chi connectivity index (χ3v) is 5.19. The summed E-state index contributed by atoms with van der Waals surface area (Å²) in [6.07, 6.45) is 6.19. The lowest BCUT2D eigenvalue weighted by Gasteiger charge is -2.31. The van der Waals surface area contributed by atoms with Gasteiger partial charge in [-0.1, -0.05) is 26.7 Å². The molecule has 1 amide bonds. The highest BCUT2D eigenvalue weighted by atomic mass is 16.4. The lowest BCUT2D eigenvalue weighted by atomic mass is 9.88. The van der Waals surface area contributed by atoms with Gasteiger partial charge in [0.1, 0.15) is 0 Å². The van der Waals surface area contributed by atoms with Crippen molar-refractivity contribution < 1.29 is 14.7 Å². The molecule has 0 heterocycles. The fourth-order valence-corrected chi connectivity index (χ4v) is 3.74. The van der Waals surface area contributed by atoms with Gasteiger partial charge in [-0.05, 0) is 37.5 Å². The van der Waals surface area contributed by atoms with E-state index in [1.807, 2.05) is 13.8 Å². The quantitative estimate of drug-likeness (QED) is 0.777. The molecule has 108 valence electrons.